The van der Waals surface area contributed by atoms with Crippen LogP contribution < -0.4 is 9.47 Å². The predicted molar refractivity (Wildman–Crippen MR) is 130 cm³/mol. The molecule has 0 aromatic heterocycles. The van der Waals surface area contributed by atoms with E-state index in [1.165, 1.54) is 9.87 Å². The van der Waals surface area contributed by atoms with E-state index < -0.39 is 10.0 Å². The molecule has 2 heterocycles. The molecule has 0 radical (unpaired) electrons. The van der Waals surface area contributed by atoms with Gasteiger partial charge in [0, 0.05) is 39.3 Å². The maximum atomic E-state index is 13.1. The van der Waals surface area contributed by atoms with Gasteiger partial charge in [-0.1, -0.05) is 17.7 Å². The van der Waals surface area contributed by atoms with Crippen LogP contribution in [-0.2, 0) is 27.8 Å². The molecule has 0 aliphatic carbocycles. The van der Waals surface area contributed by atoms with Crippen molar-refractivity contribution < 1.29 is 22.7 Å². The van der Waals surface area contributed by atoms with Crippen LogP contribution in [0.4, 0.5) is 0 Å². The molecule has 1 amide bonds. The van der Waals surface area contributed by atoms with Gasteiger partial charge in [0.05, 0.1) is 25.7 Å². The van der Waals surface area contributed by atoms with E-state index >= 15 is 0 Å². The van der Waals surface area contributed by atoms with Crippen molar-refractivity contribution in [2.45, 2.75) is 31.7 Å². The molecule has 34 heavy (non-hydrogen) atoms. The van der Waals surface area contributed by atoms with Gasteiger partial charge in [-0.15, -0.1) is 0 Å². The minimum Gasteiger partial charge on any atom is -0.493 e. The Morgan fingerprint density at radius 1 is 0.912 bits per heavy atom. The van der Waals surface area contributed by atoms with Crippen molar-refractivity contribution in [3.8, 4) is 11.5 Å². The number of ether oxygens (including phenoxy) is 2. The Bertz CT molecular complexity index is 1170. The summed E-state index contributed by atoms with van der Waals surface area (Å²) < 4.78 is 38.6. The summed E-state index contributed by atoms with van der Waals surface area (Å²) in [6.45, 7) is 7.09. The maximum Gasteiger partial charge on any atom is 0.243 e. The van der Waals surface area contributed by atoms with E-state index in [-0.39, 0.29) is 5.91 Å². The van der Waals surface area contributed by atoms with Crippen molar-refractivity contribution >= 4 is 15.9 Å². The van der Waals surface area contributed by atoms with E-state index in [0.717, 1.165) is 23.1 Å². The van der Waals surface area contributed by atoms with E-state index in [1.54, 1.807) is 20.3 Å². The van der Waals surface area contributed by atoms with Crippen LogP contribution in [0.1, 0.15) is 22.3 Å². The van der Waals surface area contributed by atoms with Gasteiger partial charge in [0.25, 0.3) is 0 Å². The molecule has 184 valence electrons. The lowest BCUT2D eigenvalue weighted by atomic mass is 9.98. The summed E-state index contributed by atoms with van der Waals surface area (Å²) >= 11 is 0. The molecule has 0 saturated carbocycles. The zero-order valence-electron chi connectivity index (χ0n) is 20.3. The van der Waals surface area contributed by atoms with Gasteiger partial charge in [-0.05, 0) is 55.2 Å². The van der Waals surface area contributed by atoms with E-state index in [2.05, 4.69) is 0 Å². The van der Waals surface area contributed by atoms with Crippen molar-refractivity contribution in [1.82, 2.24) is 14.1 Å². The number of nitrogens with zero attached hydrogens (tertiary/aromatic N) is 3. The van der Waals surface area contributed by atoms with Crippen molar-refractivity contribution in [2.75, 3.05) is 53.5 Å². The van der Waals surface area contributed by atoms with Crippen LogP contribution in [0.5, 0.6) is 11.5 Å². The summed E-state index contributed by atoms with van der Waals surface area (Å²) in [5.74, 6) is 1.43. The van der Waals surface area contributed by atoms with Crippen LogP contribution in [0.15, 0.2) is 35.2 Å². The van der Waals surface area contributed by atoms with E-state index in [9.17, 15) is 13.2 Å². The minimum atomic E-state index is -3.54. The topological polar surface area (TPSA) is 79.4 Å². The molecule has 2 aliphatic heterocycles. The van der Waals surface area contributed by atoms with Gasteiger partial charge >= 0.3 is 0 Å². The number of sulfonamides is 1. The number of hydrogen-bond donors (Lipinski definition) is 0. The van der Waals surface area contributed by atoms with Crippen LogP contribution in [0.3, 0.4) is 0 Å². The standard InChI is InChI=1S/C25H33N3O5S/c1-18-5-6-24(19(2)13-18)34(30,31)28-11-9-26(10-12-28)17-25(29)27-8-7-20-14-22(32-3)23(33-4)15-21(20)16-27/h5-6,13-15H,7-12,16-17H2,1-4H3. The first-order valence-electron chi connectivity index (χ1n) is 11.5. The van der Waals surface area contributed by atoms with Crippen LogP contribution in [0, 0.1) is 13.8 Å². The highest BCUT2D eigenvalue weighted by Crippen LogP contribution is 2.33. The van der Waals surface area contributed by atoms with Gasteiger partial charge in [0.2, 0.25) is 15.9 Å². The summed E-state index contributed by atoms with van der Waals surface area (Å²) in [6.07, 6.45) is 0.767. The van der Waals surface area contributed by atoms with Gasteiger partial charge in [-0.3, -0.25) is 9.69 Å². The van der Waals surface area contributed by atoms with Crippen molar-refractivity contribution in [3.63, 3.8) is 0 Å². The van der Waals surface area contributed by atoms with Crippen LogP contribution >= 0.6 is 0 Å². The van der Waals surface area contributed by atoms with Crippen molar-refractivity contribution in [1.29, 1.82) is 0 Å². The number of rotatable bonds is 6. The zero-order valence-corrected chi connectivity index (χ0v) is 21.2. The first-order chi connectivity index (χ1) is 16.2. The fourth-order valence-electron chi connectivity index (χ4n) is 4.74. The lowest BCUT2D eigenvalue weighted by molar-refractivity contribution is -0.133. The van der Waals surface area contributed by atoms with Crippen LogP contribution in [-0.4, -0.2) is 81.9 Å². The molecule has 0 unspecified atom stereocenters. The van der Waals surface area contributed by atoms with E-state index in [4.69, 9.17) is 9.47 Å². The Kier molecular flexibility index (Phi) is 7.16. The second-order valence-electron chi connectivity index (χ2n) is 8.99. The van der Waals surface area contributed by atoms with Crippen LogP contribution in [0.2, 0.25) is 0 Å². The normalized spacial score (nSPS) is 17.4. The Hall–Kier alpha value is -2.62. The Labute approximate surface area is 202 Å². The molecule has 4 rings (SSSR count). The van der Waals surface area contributed by atoms with E-state index in [1.807, 2.05) is 47.9 Å². The van der Waals surface area contributed by atoms with Crippen molar-refractivity contribution in [2.24, 2.45) is 0 Å². The lowest BCUT2D eigenvalue weighted by Crippen LogP contribution is -2.51. The zero-order chi connectivity index (χ0) is 24.5. The Balaban J connectivity index is 1.35. The summed E-state index contributed by atoms with van der Waals surface area (Å²) in [6, 6.07) is 9.35. The number of carbonyl (C=O) groups excluding carboxylic acids is 1. The molecule has 8 nitrogen and oxygen atoms in total. The van der Waals surface area contributed by atoms with E-state index in [0.29, 0.717) is 62.2 Å². The van der Waals surface area contributed by atoms with Gasteiger partial charge in [-0.25, -0.2) is 8.42 Å². The first kappa shape index (κ1) is 24.5. The fraction of sp³-hybridized carbons (Fsp3) is 0.480. The highest BCUT2D eigenvalue weighted by Gasteiger charge is 2.31. The smallest absolute Gasteiger partial charge is 0.243 e. The number of amides is 1. The summed E-state index contributed by atoms with van der Waals surface area (Å²) in [4.78, 5) is 17.3. The monoisotopic (exact) mass is 487 g/mol. The Morgan fingerprint density at radius 3 is 2.18 bits per heavy atom. The van der Waals surface area contributed by atoms with Gasteiger partial charge < -0.3 is 14.4 Å². The highest BCUT2D eigenvalue weighted by molar-refractivity contribution is 7.89. The number of methoxy groups -OCH3 is 2. The molecule has 1 fully saturated rings. The van der Waals surface area contributed by atoms with Gasteiger partial charge in [0.15, 0.2) is 11.5 Å². The number of carbonyl (C=O) groups is 1. The largest absolute Gasteiger partial charge is 0.493 e. The lowest BCUT2D eigenvalue weighted by Gasteiger charge is -2.36. The SMILES string of the molecule is COc1cc2c(cc1OC)CN(C(=O)CN1CCN(S(=O)(=O)c3ccc(C)cc3C)CC1)CC2. The van der Waals surface area contributed by atoms with Crippen molar-refractivity contribution in [3.05, 3.63) is 52.6 Å². The molecule has 9 heteroatoms. The third-order valence-corrected chi connectivity index (χ3v) is 8.77. The van der Waals surface area contributed by atoms with Gasteiger partial charge in [0.1, 0.15) is 0 Å². The molecule has 0 N–H and O–H groups in total. The van der Waals surface area contributed by atoms with Gasteiger partial charge in [-0.2, -0.15) is 4.31 Å². The molecule has 2 aliphatic rings. The third kappa shape index (κ3) is 4.92. The molecule has 0 spiro atoms. The fourth-order valence-corrected chi connectivity index (χ4v) is 6.37. The average molecular weight is 488 g/mol. The second kappa shape index (κ2) is 9.93. The minimum absolute atomic E-state index is 0.0612. The van der Waals surface area contributed by atoms with Crippen LogP contribution in [0.25, 0.3) is 0 Å². The summed E-state index contributed by atoms with van der Waals surface area (Å²) in [7, 11) is -0.310. The second-order valence-corrected chi connectivity index (χ2v) is 10.9. The number of aryl methyl sites for hydroxylation is 2. The Morgan fingerprint density at radius 2 is 1.56 bits per heavy atom. The molecule has 2 aromatic rings. The molecular weight excluding hydrogens is 454 g/mol. The third-order valence-electron chi connectivity index (χ3n) is 6.71. The molecule has 1 saturated heterocycles. The number of fused-ring (bicyclic) bond motifs is 1. The highest BCUT2D eigenvalue weighted by atomic mass is 32.2. The summed E-state index contributed by atoms with van der Waals surface area (Å²) in [5.41, 5.74) is 4.04. The average Bonchev–Trinajstić information content (AvgIpc) is 2.82. The number of hydrogen-bond acceptors (Lipinski definition) is 6. The molecule has 2 aromatic carbocycles. The summed E-state index contributed by atoms with van der Waals surface area (Å²) in [5, 5.41) is 0. The quantitative estimate of drug-likeness (QED) is 0.622. The predicted octanol–water partition coefficient (Wildman–Crippen LogP) is 2.21. The first-order valence-corrected chi connectivity index (χ1v) is 13.0. The number of benzene rings is 2. The maximum absolute atomic E-state index is 13.1. The molecule has 0 atom stereocenters. The molecular formula is C25H33N3O5S. The molecule has 0 bridgehead atoms. The number of piperazine rings is 1.